The average molecular weight is 488 g/mol. The zero-order chi connectivity index (χ0) is 25.3. The fraction of sp³-hybridized carbons (Fsp3) is 0.462. The summed E-state index contributed by atoms with van der Waals surface area (Å²) in [6, 6.07) is 14.6. The molecule has 2 amide bonds. The lowest BCUT2D eigenvalue weighted by Gasteiger charge is -2.31. The van der Waals surface area contributed by atoms with Gasteiger partial charge in [-0.2, -0.15) is 0 Å². The average Bonchev–Trinajstić information content (AvgIpc) is 2.78. The first-order valence-electron chi connectivity index (χ1n) is 11.7. The molecule has 0 radical (unpaired) electrons. The Labute approximate surface area is 204 Å². The number of hydrogen-bond donors (Lipinski definition) is 1. The van der Waals surface area contributed by atoms with Crippen molar-refractivity contribution in [2.45, 2.75) is 59.5 Å². The lowest BCUT2D eigenvalue weighted by atomic mass is 10.1. The van der Waals surface area contributed by atoms with Crippen molar-refractivity contribution in [2.75, 3.05) is 23.7 Å². The van der Waals surface area contributed by atoms with Crippen LogP contribution in [0.4, 0.5) is 5.69 Å². The van der Waals surface area contributed by atoms with Crippen LogP contribution in [0, 0.1) is 13.8 Å². The summed E-state index contributed by atoms with van der Waals surface area (Å²) in [5.41, 5.74) is 3.53. The summed E-state index contributed by atoms with van der Waals surface area (Å²) < 4.78 is 26.3. The number of aryl methyl sites for hydroxylation is 2. The van der Waals surface area contributed by atoms with Gasteiger partial charge in [-0.25, -0.2) is 8.42 Å². The Balaban J connectivity index is 2.20. The molecule has 0 aliphatic heterocycles. The molecule has 1 atom stereocenters. The molecule has 0 heterocycles. The van der Waals surface area contributed by atoms with Crippen LogP contribution >= 0.6 is 0 Å². The molecular formula is C26H37N3O4S. The third-order valence-electron chi connectivity index (χ3n) is 5.75. The van der Waals surface area contributed by atoms with Crippen LogP contribution in [-0.4, -0.2) is 50.5 Å². The van der Waals surface area contributed by atoms with Crippen molar-refractivity contribution in [3.8, 4) is 0 Å². The van der Waals surface area contributed by atoms with Gasteiger partial charge in [-0.1, -0.05) is 55.0 Å². The molecule has 2 aromatic rings. The molecule has 0 aliphatic carbocycles. The second-order valence-electron chi connectivity index (χ2n) is 8.55. The molecule has 8 heteroatoms. The first kappa shape index (κ1) is 27.4. The van der Waals surface area contributed by atoms with Gasteiger partial charge in [0.15, 0.2) is 0 Å². The Kier molecular flexibility index (Phi) is 10.1. The maximum Gasteiger partial charge on any atom is 0.242 e. The Hall–Kier alpha value is -2.87. The fourth-order valence-electron chi connectivity index (χ4n) is 3.93. The second kappa shape index (κ2) is 12.6. The molecule has 2 rings (SSSR count). The van der Waals surface area contributed by atoms with E-state index in [1.807, 2.05) is 64.1 Å². The van der Waals surface area contributed by atoms with Crippen LogP contribution in [0.5, 0.6) is 0 Å². The molecule has 0 aromatic heterocycles. The zero-order valence-corrected chi connectivity index (χ0v) is 21.7. The van der Waals surface area contributed by atoms with Crippen LogP contribution in [0.15, 0.2) is 48.5 Å². The predicted octanol–water partition coefficient (Wildman–Crippen LogP) is 3.79. The SMILES string of the molecule is CCNC(=O)C(CC)N(Cc1ccc(C)cc1)C(=O)CCCN(c1ccccc1C)S(C)(=O)=O. The van der Waals surface area contributed by atoms with Crippen LogP contribution in [0.2, 0.25) is 0 Å². The van der Waals surface area contributed by atoms with Crippen molar-refractivity contribution in [2.24, 2.45) is 0 Å². The molecule has 0 bridgehead atoms. The van der Waals surface area contributed by atoms with Gasteiger partial charge in [0.1, 0.15) is 6.04 Å². The Bertz CT molecular complexity index is 1070. The van der Waals surface area contributed by atoms with Crippen LogP contribution < -0.4 is 9.62 Å². The number of rotatable bonds is 12. The number of carbonyl (C=O) groups is 2. The van der Waals surface area contributed by atoms with Gasteiger partial charge in [0.05, 0.1) is 11.9 Å². The number of anilines is 1. The van der Waals surface area contributed by atoms with Crippen molar-refractivity contribution in [3.05, 3.63) is 65.2 Å². The van der Waals surface area contributed by atoms with Gasteiger partial charge >= 0.3 is 0 Å². The normalized spacial score (nSPS) is 12.1. The quantitative estimate of drug-likeness (QED) is 0.493. The minimum atomic E-state index is -3.51. The molecule has 0 spiro atoms. The molecule has 34 heavy (non-hydrogen) atoms. The number of nitrogens with one attached hydrogen (secondary N) is 1. The molecule has 1 unspecified atom stereocenters. The van der Waals surface area contributed by atoms with Crippen LogP contribution in [0.3, 0.4) is 0 Å². The molecule has 186 valence electrons. The summed E-state index contributed by atoms with van der Waals surface area (Å²) in [6.45, 7) is 8.59. The van der Waals surface area contributed by atoms with Crippen molar-refractivity contribution < 1.29 is 18.0 Å². The number of amides is 2. The number of hydrogen-bond acceptors (Lipinski definition) is 4. The molecule has 7 nitrogen and oxygen atoms in total. The Morgan fingerprint density at radius 3 is 2.21 bits per heavy atom. The summed E-state index contributed by atoms with van der Waals surface area (Å²) in [6.07, 6.45) is 2.14. The van der Waals surface area contributed by atoms with E-state index in [-0.39, 0.29) is 24.8 Å². The van der Waals surface area contributed by atoms with Crippen molar-refractivity contribution in [1.29, 1.82) is 0 Å². The van der Waals surface area contributed by atoms with E-state index < -0.39 is 16.1 Å². The molecule has 1 N–H and O–H groups in total. The highest BCUT2D eigenvalue weighted by Gasteiger charge is 2.28. The summed E-state index contributed by atoms with van der Waals surface area (Å²) in [5, 5.41) is 2.83. The highest BCUT2D eigenvalue weighted by molar-refractivity contribution is 7.92. The standard InChI is InChI=1S/C26H37N3O4S/c1-6-23(26(31)27-7-2)28(19-22-16-14-20(3)15-17-22)25(30)13-10-18-29(34(5,32)33)24-12-9-8-11-21(24)4/h8-9,11-12,14-17,23H,6-7,10,13,18-19H2,1-5H3,(H,27,31). The van der Waals surface area contributed by atoms with Crippen molar-refractivity contribution in [1.82, 2.24) is 10.2 Å². The smallest absolute Gasteiger partial charge is 0.242 e. The van der Waals surface area contributed by atoms with Crippen LogP contribution in [0.1, 0.15) is 49.8 Å². The van der Waals surface area contributed by atoms with E-state index in [1.54, 1.807) is 17.0 Å². The molecule has 2 aromatic carbocycles. The maximum absolute atomic E-state index is 13.3. The van der Waals surface area contributed by atoms with E-state index in [2.05, 4.69) is 5.32 Å². The minimum Gasteiger partial charge on any atom is -0.355 e. The van der Waals surface area contributed by atoms with E-state index >= 15 is 0 Å². The highest BCUT2D eigenvalue weighted by atomic mass is 32.2. The lowest BCUT2D eigenvalue weighted by Crippen LogP contribution is -2.49. The predicted molar refractivity (Wildman–Crippen MR) is 137 cm³/mol. The van der Waals surface area contributed by atoms with E-state index in [9.17, 15) is 18.0 Å². The number of carbonyl (C=O) groups excluding carboxylic acids is 2. The molecule has 0 saturated heterocycles. The van der Waals surface area contributed by atoms with Crippen LogP contribution in [0.25, 0.3) is 0 Å². The Morgan fingerprint density at radius 1 is 1.00 bits per heavy atom. The number of benzene rings is 2. The third-order valence-corrected chi connectivity index (χ3v) is 6.93. The molecule has 0 saturated carbocycles. The van der Waals surface area contributed by atoms with E-state index in [4.69, 9.17) is 0 Å². The van der Waals surface area contributed by atoms with Gasteiger partial charge < -0.3 is 10.2 Å². The number of nitrogens with zero attached hydrogens (tertiary/aromatic N) is 2. The van der Waals surface area contributed by atoms with Gasteiger partial charge in [0, 0.05) is 26.1 Å². The minimum absolute atomic E-state index is 0.139. The van der Waals surface area contributed by atoms with Gasteiger partial charge in [-0.15, -0.1) is 0 Å². The van der Waals surface area contributed by atoms with Gasteiger partial charge in [0.2, 0.25) is 21.8 Å². The maximum atomic E-state index is 13.3. The second-order valence-corrected chi connectivity index (χ2v) is 10.5. The first-order chi connectivity index (χ1) is 16.1. The summed E-state index contributed by atoms with van der Waals surface area (Å²) >= 11 is 0. The monoisotopic (exact) mass is 487 g/mol. The summed E-state index contributed by atoms with van der Waals surface area (Å²) in [4.78, 5) is 27.7. The zero-order valence-electron chi connectivity index (χ0n) is 20.9. The summed E-state index contributed by atoms with van der Waals surface area (Å²) in [5.74, 6) is -0.347. The molecule has 0 aliphatic rings. The third kappa shape index (κ3) is 7.58. The topological polar surface area (TPSA) is 86.8 Å². The van der Waals surface area contributed by atoms with Crippen LogP contribution in [-0.2, 0) is 26.2 Å². The van der Waals surface area contributed by atoms with E-state index in [1.165, 1.54) is 10.6 Å². The molecule has 0 fully saturated rings. The van der Waals surface area contributed by atoms with Crippen molar-refractivity contribution >= 4 is 27.5 Å². The van der Waals surface area contributed by atoms with Crippen molar-refractivity contribution in [3.63, 3.8) is 0 Å². The molecular weight excluding hydrogens is 450 g/mol. The largest absolute Gasteiger partial charge is 0.355 e. The van der Waals surface area contributed by atoms with Gasteiger partial charge in [0.25, 0.3) is 0 Å². The lowest BCUT2D eigenvalue weighted by molar-refractivity contribution is -0.141. The fourth-order valence-corrected chi connectivity index (χ4v) is 4.95. The Morgan fingerprint density at radius 2 is 1.65 bits per heavy atom. The summed E-state index contributed by atoms with van der Waals surface area (Å²) in [7, 11) is -3.51. The van der Waals surface area contributed by atoms with Gasteiger partial charge in [-0.3, -0.25) is 13.9 Å². The highest BCUT2D eigenvalue weighted by Crippen LogP contribution is 2.23. The van der Waals surface area contributed by atoms with E-state index in [0.717, 1.165) is 16.7 Å². The van der Waals surface area contributed by atoms with Gasteiger partial charge in [-0.05, 0) is 50.8 Å². The van der Waals surface area contributed by atoms with E-state index in [0.29, 0.717) is 31.6 Å². The number of likely N-dealkylation sites (N-methyl/N-ethyl adjacent to an activating group) is 1. The number of sulfonamides is 1. The first-order valence-corrected chi connectivity index (χ1v) is 13.6. The number of para-hydroxylation sites is 1.